The zero-order chi connectivity index (χ0) is 38.2. The molecule has 0 aliphatic heterocycles. The van der Waals surface area contributed by atoms with Gasteiger partial charge in [-0.3, -0.25) is 0 Å². The molecular weight excluding hydrogens is 769 g/mol. The molecular formula is C36H82Si12. The van der Waals surface area contributed by atoms with E-state index >= 15 is 0 Å². The van der Waals surface area contributed by atoms with Crippen LogP contribution < -0.4 is 10.4 Å². The van der Waals surface area contributed by atoms with Gasteiger partial charge in [0.25, 0.3) is 0 Å². The second-order valence-corrected chi connectivity index (χ2v) is 160. The number of benzene rings is 2. The van der Waals surface area contributed by atoms with Gasteiger partial charge in [-0.05, 0) is 0 Å². The van der Waals surface area contributed by atoms with E-state index in [2.05, 4.69) is 218 Å². The lowest BCUT2D eigenvalue weighted by Gasteiger charge is -2.69. The predicted molar refractivity (Wildman–Crippen MR) is 262 cm³/mol. The Morgan fingerprint density at radius 1 is 0.208 bits per heavy atom. The molecule has 0 aromatic heterocycles. The van der Waals surface area contributed by atoms with Crippen molar-refractivity contribution in [2.75, 3.05) is 0 Å². The first-order chi connectivity index (χ1) is 21.0. The van der Waals surface area contributed by atoms with E-state index in [4.69, 9.17) is 0 Å². The minimum atomic E-state index is -1.58. The number of rotatable bonds is 13. The molecule has 0 fully saturated rings. The molecule has 0 aliphatic carbocycles. The third kappa shape index (κ3) is 6.08. The van der Waals surface area contributed by atoms with Crippen LogP contribution in [0.25, 0.3) is 0 Å². The van der Waals surface area contributed by atoms with Crippen LogP contribution >= 0.6 is 0 Å². The van der Waals surface area contributed by atoms with Crippen LogP contribution in [0.1, 0.15) is 0 Å². The van der Waals surface area contributed by atoms with Crippen molar-refractivity contribution in [1.82, 2.24) is 0 Å². The van der Waals surface area contributed by atoms with Crippen LogP contribution in [0.2, 0.25) is 157 Å². The standard InChI is InChI=1S/C36H82Si12/c1-37(2,35-31-27-25-28-32-35)39(5,6)41(9,10)43(13,14)45(17,18)47(21,22)48(23,24)46(19,20)44(15,16)42(11,12)40(7,8)38(3,4)36-33-29-26-30-34-36/h25-34H,1-24H3. The summed E-state index contributed by atoms with van der Waals surface area (Å²) in [5.74, 6) is 0. The van der Waals surface area contributed by atoms with E-state index in [0.29, 0.717) is 0 Å². The Labute approximate surface area is 311 Å². The SMILES string of the molecule is C[Si](C)(c1ccccc1)[Si](C)(C)[Si](C)(C)[Si](C)(C)[Si](C)(C)[Si](C)(C)[Si](C)(C)[Si](C)(C)[Si](C)(C)[Si](C)(C)[Si](C)(C)[Si](C)(C)c1ccccc1. The first-order valence-corrected chi connectivity index (χ1v) is 66.1. The van der Waals surface area contributed by atoms with Gasteiger partial charge < -0.3 is 0 Å². The van der Waals surface area contributed by atoms with Gasteiger partial charge >= 0.3 is 0 Å². The molecule has 12 heteroatoms. The summed E-state index contributed by atoms with van der Waals surface area (Å²) in [6.07, 6.45) is 0. The van der Waals surface area contributed by atoms with Crippen molar-refractivity contribution in [3.8, 4) is 0 Å². The minimum Gasteiger partial charge on any atom is -0.0735 e. The molecule has 274 valence electrons. The van der Waals surface area contributed by atoms with Gasteiger partial charge in [0.2, 0.25) is 0 Å². The lowest BCUT2D eigenvalue weighted by Crippen LogP contribution is -2.96. The van der Waals surface area contributed by atoms with Crippen LogP contribution in [0.5, 0.6) is 0 Å². The van der Waals surface area contributed by atoms with Crippen molar-refractivity contribution in [3.05, 3.63) is 60.7 Å². The average molecular weight is 852 g/mol. The first kappa shape index (κ1) is 45.2. The smallest absolute Gasteiger partial charge is 0.0711 e. The van der Waals surface area contributed by atoms with E-state index in [0.717, 1.165) is 0 Å². The molecule has 0 saturated carbocycles. The second-order valence-electron chi connectivity index (χ2n) is 22.2. The maximum absolute atomic E-state index is 3.04. The Morgan fingerprint density at radius 3 is 0.521 bits per heavy atom. The van der Waals surface area contributed by atoms with E-state index in [1.807, 2.05) is 0 Å². The third-order valence-electron chi connectivity index (χ3n) is 20.2. The van der Waals surface area contributed by atoms with Crippen LogP contribution in [0.15, 0.2) is 60.7 Å². The number of hydrogen-bond donors (Lipinski definition) is 0. The molecule has 0 atom stereocenters. The summed E-state index contributed by atoms with van der Waals surface area (Å²) in [5, 5.41) is 3.47. The molecule has 0 spiro atoms. The molecule has 0 aliphatic rings. The lowest BCUT2D eigenvalue weighted by atomic mass is 10.4. The van der Waals surface area contributed by atoms with Gasteiger partial charge in [0, 0.05) is 71.1 Å². The highest BCUT2D eigenvalue weighted by Gasteiger charge is 2.73. The highest BCUT2D eigenvalue weighted by Crippen LogP contribution is 2.49. The second kappa shape index (κ2) is 13.4. The highest BCUT2D eigenvalue weighted by atomic mass is 30.1. The first-order valence-electron chi connectivity index (χ1n) is 19.1. The van der Waals surface area contributed by atoms with E-state index < -0.39 is 86.3 Å². The summed E-state index contributed by atoms with van der Waals surface area (Å²) in [6, 6.07) is 23.8. The van der Waals surface area contributed by atoms with E-state index in [1.165, 1.54) is 0 Å². The lowest BCUT2D eigenvalue weighted by molar-refractivity contribution is 1.70. The van der Waals surface area contributed by atoms with Gasteiger partial charge in [-0.15, -0.1) is 0 Å². The fraction of sp³-hybridized carbons (Fsp3) is 0.667. The molecule has 48 heavy (non-hydrogen) atoms. The molecule has 2 rings (SSSR count). The van der Waals surface area contributed by atoms with Crippen LogP contribution in [0.4, 0.5) is 0 Å². The summed E-state index contributed by atoms with van der Waals surface area (Å²) in [6.45, 7) is 71.0. The Bertz CT molecular complexity index is 1310. The predicted octanol–water partition coefficient (Wildman–Crippen LogP) is 11.2. The molecule has 2 aromatic rings. The van der Waals surface area contributed by atoms with E-state index in [-0.39, 0.29) is 0 Å². The van der Waals surface area contributed by atoms with Crippen molar-refractivity contribution < 1.29 is 0 Å². The Balaban J connectivity index is 2.75. The molecule has 0 unspecified atom stereocenters. The third-order valence-corrected chi connectivity index (χ3v) is 296. The van der Waals surface area contributed by atoms with Gasteiger partial charge in [0.15, 0.2) is 0 Å². The molecule has 0 N–H and O–H groups in total. The Morgan fingerprint density at radius 2 is 0.354 bits per heavy atom. The number of hydrogen-bond acceptors (Lipinski definition) is 0. The maximum atomic E-state index is 3.04. The van der Waals surface area contributed by atoms with Gasteiger partial charge in [0.05, 0.1) is 15.2 Å². The van der Waals surface area contributed by atoms with Crippen molar-refractivity contribution >= 4 is 96.6 Å². The van der Waals surface area contributed by atoms with Crippen molar-refractivity contribution in [2.24, 2.45) is 0 Å². The summed E-state index contributed by atoms with van der Waals surface area (Å²) < 4.78 is 0. The van der Waals surface area contributed by atoms with Crippen molar-refractivity contribution in [1.29, 1.82) is 0 Å². The van der Waals surface area contributed by atoms with Crippen LogP contribution in [-0.4, -0.2) is 86.3 Å². The molecule has 2 aromatic carbocycles. The summed E-state index contributed by atoms with van der Waals surface area (Å²) in [7, 11) is -18.6. The topological polar surface area (TPSA) is 0 Å². The van der Waals surface area contributed by atoms with Gasteiger partial charge in [-0.2, -0.15) is 0 Å². The average Bonchev–Trinajstić information content (AvgIpc) is 2.96. The Kier molecular flexibility index (Phi) is 12.6. The maximum Gasteiger partial charge on any atom is 0.0711 e. The summed E-state index contributed by atoms with van der Waals surface area (Å²) >= 11 is 0. The highest BCUT2D eigenvalue weighted by molar-refractivity contribution is 8.09. The molecule has 0 amide bonds. The fourth-order valence-corrected chi connectivity index (χ4v) is 404. The molecule has 0 heterocycles. The molecule has 0 nitrogen and oxygen atoms in total. The van der Waals surface area contributed by atoms with E-state index in [1.54, 1.807) is 10.4 Å². The van der Waals surface area contributed by atoms with Crippen LogP contribution in [0, 0.1) is 0 Å². The monoisotopic (exact) mass is 850 g/mol. The summed E-state index contributed by atoms with van der Waals surface area (Å²) in [5.41, 5.74) is 0. The van der Waals surface area contributed by atoms with Crippen LogP contribution in [-0.2, 0) is 0 Å². The van der Waals surface area contributed by atoms with Gasteiger partial charge in [-0.1, -0.05) is 228 Å². The molecule has 0 saturated heterocycles. The Hall–Kier alpha value is 1.04. The van der Waals surface area contributed by atoms with E-state index in [9.17, 15) is 0 Å². The largest absolute Gasteiger partial charge is 0.0735 e. The zero-order valence-electron chi connectivity index (χ0n) is 36.8. The zero-order valence-corrected chi connectivity index (χ0v) is 48.8. The molecule has 0 radical (unpaired) electrons. The van der Waals surface area contributed by atoms with Crippen molar-refractivity contribution in [2.45, 2.75) is 157 Å². The summed E-state index contributed by atoms with van der Waals surface area (Å²) in [4.78, 5) is 0. The van der Waals surface area contributed by atoms with Crippen molar-refractivity contribution in [3.63, 3.8) is 0 Å². The fourth-order valence-electron chi connectivity index (χ4n) is 10.2. The quantitative estimate of drug-likeness (QED) is 0.176. The van der Waals surface area contributed by atoms with Gasteiger partial charge in [-0.25, -0.2) is 0 Å². The minimum absolute atomic E-state index is 1.52. The normalized spacial score (nSPS) is 15.9. The van der Waals surface area contributed by atoms with Crippen LogP contribution in [0.3, 0.4) is 0 Å². The molecule has 0 bridgehead atoms. The van der Waals surface area contributed by atoms with Gasteiger partial charge in [0.1, 0.15) is 0 Å².